The molecule has 0 saturated heterocycles. The fourth-order valence-corrected chi connectivity index (χ4v) is 4.38. The summed E-state index contributed by atoms with van der Waals surface area (Å²) in [7, 11) is 0. The van der Waals surface area contributed by atoms with Crippen LogP contribution in [0.4, 0.5) is 0 Å². The molecule has 1 N–H and O–H groups in total. The molecule has 0 unspecified atom stereocenters. The summed E-state index contributed by atoms with van der Waals surface area (Å²) < 4.78 is 5.50. The number of carboxylic acid groups (broad SMARTS) is 1. The average molecular weight is 412 g/mol. The van der Waals surface area contributed by atoms with Gasteiger partial charge in [0.25, 0.3) is 5.89 Å². The van der Waals surface area contributed by atoms with Gasteiger partial charge in [0.1, 0.15) is 5.52 Å². The van der Waals surface area contributed by atoms with E-state index < -0.39 is 5.97 Å². The van der Waals surface area contributed by atoms with Crippen molar-refractivity contribution in [1.29, 1.82) is 0 Å². The summed E-state index contributed by atoms with van der Waals surface area (Å²) in [4.78, 5) is 29.2. The Hall–Kier alpha value is -2.96. The topological polar surface area (TPSA) is 80.4 Å². The molecule has 0 saturated carbocycles. The van der Waals surface area contributed by atoms with E-state index in [2.05, 4.69) is 4.98 Å². The molecule has 0 aliphatic rings. The number of Topliss-reactive ketones (excluding diaryl/α,β-unsaturated/α-hetero) is 1. The van der Waals surface area contributed by atoms with Gasteiger partial charge in [-0.05, 0) is 36.1 Å². The first-order valence-corrected chi connectivity index (χ1v) is 9.68. The van der Waals surface area contributed by atoms with E-state index >= 15 is 0 Å². The van der Waals surface area contributed by atoms with Gasteiger partial charge >= 0.3 is 5.97 Å². The summed E-state index contributed by atoms with van der Waals surface area (Å²) in [5.41, 5.74) is 3.29. The van der Waals surface area contributed by atoms with Crippen molar-refractivity contribution in [3.8, 4) is 11.1 Å². The van der Waals surface area contributed by atoms with Gasteiger partial charge in [0, 0.05) is 21.0 Å². The third kappa shape index (κ3) is 3.32. The number of carboxylic acids is 1. The van der Waals surface area contributed by atoms with Gasteiger partial charge in [0.2, 0.25) is 5.78 Å². The number of benzene rings is 2. The summed E-state index contributed by atoms with van der Waals surface area (Å²) in [6.07, 6.45) is -0.109. The molecule has 0 aliphatic heterocycles. The Kier molecular flexibility index (Phi) is 4.75. The van der Waals surface area contributed by atoms with Crippen LogP contribution in [0.2, 0.25) is 5.02 Å². The molecule has 0 aliphatic carbocycles. The van der Waals surface area contributed by atoms with Crippen LogP contribution < -0.4 is 0 Å². The van der Waals surface area contributed by atoms with E-state index in [-0.39, 0.29) is 23.7 Å². The number of aromatic nitrogens is 1. The Balaban J connectivity index is 1.71. The van der Waals surface area contributed by atoms with Crippen molar-refractivity contribution >= 4 is 45.8 Å². The summed E-state index contributed by atoms with van der Waals surface area (Å²) in [6.45, 7) is 1.91. The maximum atomic E-state index is 12.6. The highest BCUT2D eigenvalue weighted by Crippen LogP contribution is 2.37. The number of nitrogens with zero attached hydrogens (tertiary/aromatic N) is 1. The minimum atomic E-state index is -1.10. The monoisotopic (exact) mass is 411 g/mol. The smallest absolute Gasteiger partial charge is 0.337 e. The molecule has 7 heteroatoms. The maximum absolute atomic E-state index is 12.6. The molecular formula is C21H14ClNO4S. The number of ketones is 1. The van der Waals surface area contributed by atoms with Crippen molar-refractivity contribution in [3.05, 3.63) is 74.8 Å². The quantitative estimate of drug-likeness (QED) is 0.430. The van der Waals surface area contributed by atoms with Crippen LogP contribution in [-0.4, -0.2) is 21.8 Å². The molecular weight excluding hydrogens is 398 g/mol. The van der Waals surface area contributed by atoms with Crippen molar-refractivity contribution in [2.45, 2.75) is 13.3 Å². The summed E-state index contributed by atoms with van der Waals surface area (Å²) in [5, 5.41) is 11.9. The number of halogens is 1. The number of carbonyl (C=O) groups excluding carboxylic acids is 1. The molecule has 0 spiro atoms. The van der Waals surface area contributed by atoms with E-state index in [0.717, 1.165) is 5.56 Å². The number of hydrogen-bond donors (Lipinski definition) is 1. The van der Waals surface area contributed by atoms with Crippen LogP contribution in [-0.2, 0) is 6.42 Å². The number of aryl methyl sites for hydroxylation is 1. The van der Waals surface area contributed by atoms with Gasteiger partial charge in [-0.3, -0.25) is 4.79 Å². The standard InChI is InChI=1S/C21H14ClNO4S/c1-11-6-7-12(14(22)8-11)13-10-28-18(19(13)21(25)26)9-16(24)20-23-15-4-2-3-5-17(15)27-20/h2-8,10H,9H2,1H3,(H,25,26). The normalized spacial score (nSPS) is 11.1. The number of hydrogen-bond acceptors (Lipinski definition) is 5. The molecule has 0 radical (unpaired) electrons. The van der Waals surface area contributed by atoms with Gasteiger partial charge < -0.3 is 9.52 Å². The molecule has 28 heavy (non-hydrogen) atoms. The fraction of sp³-hybridized carbons (Fsp3) is 0.0952. The van der Waals surface area contributed by atoms with Gasteiger partial charge in [-0.25, -0.2) is 9.78 Å². The third-order valence-electron chi connectivity index (χ3n) is 4.35. The molecule has 140 valence electrons. The van der Waals surface area contributed by atoms with Crippen molar-refractivity contribution in [2.24, 2.45) is 0 Å². The van der Waals surface area contributed by atoms with E-state index in [1.54, 1.807) is 41.8 Å². The number of thiophene rings is 1. The van der Waals surface area contributed by atoms with Crippen molar-refractivity contribution < 1.29 is 19.1 Å². The van der Waals surface area contributed by atoms with Crippen LogP contribution in [0.5, 0.6) is 0 Å². The van der Waals surface area contributed by atoms with E-state index in [0.29, 0.717) is 32.1 Å². The molecule has 2 aromatic carbocycles. The lowest BCUT2D eigenvalue weighted by Crippen LogP contribution is -2.07. The second kappa shape index (κ2) is 7.22. The SMILES string of the molecule is Cc1ccc(-c2csc(CC(=O)c3nc4ccccc4o3)c2C(=O)O)c(Cl)c1. The maximum Gasteiger partial charge on any atom is 0.337 e. The van der Waals surface area contributed by atoms with Crippen LogP contribution in [0.15, 0.2) is 52.3 Å². The number of carbonyl (C=O) groups is 2. The van der Waals surface area contributed by atoms with Crippen molar-refractivity contribution in [2.75, 3.05) is 0 Å². The molecule has 5 nitrogen and oxygen atoms in total. The summed E-state index contributed by atoms with van der Waals surface area (Å²) in [6, 6.07) is 12.5. The van der Waals surface area contributed by atoms with Gasteiger partial charge in [-0.15, -0.1) is 11.3 Å². The average Bonchev–Trinajstić information content (AvgIpc) is 3.26. The Morgan fingerprint density at radius 2 is 1.96 bits per heavy atom. The molecule has 4 aromatic rings. The van der Waals surface area contributed by atoms with Crippen LogP contribution in [0.25, 0.3) is 22.2 Å². The minimum absolute atomic E-state index is 0.0270. The van der Waals surface area contributed by atoms with E-state index in [1.807, 2.05) is 13.0 Å². The first-order valence-electron chi connectivity index (χ1n) is 8.43. The second-order valence-corrected chi connectivity index (χ2v) is 7.69. The van der Waals surface area contributed by atoms with Gasteiger partial charge in [0.05, 0.1) is 12.0 Å². The Morgan fingerprint density at radius 1 is 1.18 bits per heavy atom. The van der Waals surface area contributed by atoms with Crippen LogP contribution in [0, 0.1) is 6.92 Å². The van der Waals surface area contributed by atoms with Gasteiger partial charge in [0.15, 0.2) is 5.58 Å². The fourth-order valence-electron chi connectivity index (χ4n) is 3.01. The highest BCUT2D eigenvalue weighted by atomic mass is 35.5. The van der Waals surface area contributed by atoms with Crippen molar-refractivity contribution in [1.82, 2.24) is 4.98 Å². The number of oxazole rings is 1. The van der Waals surface area contributed by atoms with E-state index in [1.165, 1.54) is 11.3 Å². The van der Waals surface area contributed by atoms with Crippen molar-refractivity contribution in [3.63, 3.8) is 0 Å². The second-order valence-electron chi connectivity index (χ2n) is 6.32. The Morgan fingerprint density at radius 3 is 2.68 bits per heavy atom. The first kappa shape index (κ1) is 18.4. The number of aromatic carboxylic acids is 1. The minimum Gasteiger partial charge on any atom is -0.478 e. The zero-order valence-corrected chi connectivity index (χ0v) is 16.3. The van der Waals surface area contributed by atoms with E-state index in [9.17, 15) is 14.7 Å². The Bertz CT molecular complexity index is 1190. The molecule has 2 heterocycles. The third-order valence-corrected chi connectivity index (χ3v) is 5.65. The first-order chi connectivity index (χ1) is 13.4. The zero-order chi connectivity index (χ0) is 19.8. The highest BCUT2D eigenvalue weighted by molar-refractivity contribution is 7.11. The van der Waals surface area contributed by atoms with Gasteiger partial charge in [-0.2, -0.15) is 0 Å². The summed E-state index contributed by atoms with van der Waals surface area (Å²) >= 11 is 7.53. The zero-order valence-electron chi connectivity index (χ0n) is 14.7. The highest BCUT2D eigenvalue weighted by Gasteiger charge is 2.24. The predicted octanol–water partition coefficient (Wildman–Crippen LogP) is 5.64. The Labute approximate surface area is 169 Å². The van der Waals surface area contributed by atoms with Crippen LogP contribution in [0.3, 0.4) is 0 Å². The van der Waals surface area contributed by atoms with E-state index in [4.69, 9.17) is 16.0 Å². The van der Waals surface area contributed by atoms with Crippen LogP contribution >= 0.6 is 22.9 Å². The van der Waals surface area contributed by atoms with Gasteiger partial charge in [-0.1, -0.05) is 35.9 Å². The predicted molar refractivity (Wildman–Crippen MR) is 109 cm³/mol. The molecule has 0 amide bonds. The molecule has 0 fully saturated rings. The number of rotatable bonds is 5. The largest absolute Gasteiger partial charge is 0.478 e. The lowest BCUT2D eigenvalue weighted by Gasteiger charge is -2.06. The summed E-state index contributed by atoms with van der Waals surface area (Å²) in [5.74, 6) is -1.50. The van der Waals surface area contributed by atoms with Crippen LogP contribution in [0.1, 0.15) is 31.5 Å². The molecule has 4 rings (SSSR count). The number of para-hydroxylation sites is 2. The molecule has 0 bridgehead atoms. The number of fused-ring (bicyclic) bond motifs is 1. The molecule has 2 aromatic heterocycles. The lowest BCUT2D eigenvalue weighted by atomic mass is 10.00. The lowest BCUT2D eigenvalue weighted by molar-refractivity contribution is 0.0697. The molecule has 0 atom stereocenters.